The third-order valence-corrected chi connectivity index (χ3v) is 20.9. The number of aliphatic hydroxyl groups excluding tert-OH is 2. The van der Waals surface area contributed by atoms with Crippen LogP contribution in [0.1, 0.15) is 184 Å². The number of hydrogen-bond acceptors (Lipinski definition) is 14. The molecule has 14 nitrogen and oxygen atoms in total. The van der Waals surface area contributed by atoms with Gasteiger partial charge < -0.3 is 39.0 Å². The van der Waals surface area contributed by atoms with Crippen molar-refractivity contribution >= 4 is 44.5 Å². The Morgan fingerprint density at radius 1 is 0.481 bits per heavy atom. The second-order valence-electron chi connectivity index (χ2n) is 23.4. The Balaban J connectivity index is 0.902. The minimum atomic E-state index is -3.20. The van der Waals surface area contributed by atoms with Gasteiger partial charge in [0.05, 0.1) is 59.9 Å². The van der Waals surface area contributed by atoms with Gasteiger partial charge in [0.1, 0.15) is 17.9 Å². The number of unbranched alkanes of at least 4 members (excludes halogenated alkanes) is 8. The number of ether oxygens (including phenoxy) is 4. The van der Waals surface area contributed by atoms with E-state index in [1.807, 2.05) is 123 Å². The highest BCUT2D eigenvalue weighted by Crippen LogP contribution is 2.64. The molecule has 4 unspecified atom stereocenters. The van der Waals surface area contributed by atoms with Crippen LogP contribution in [0.25, 0.3) is 0 Å². The minimum Gasteiger partial charge on any atom is -0.494 e. The van der Waals surface area contributed by atoms with Crippen LogP contribution in [0.4, 0.5) is 11.4 Å². The molecule has 4 aromatic carbocycles. The number of carbonyl (C=O) groups excluding carboxylic acids is 2. The van der Waals surface area contributed by atoms with Crippen LogP contribution in [0.5, 0.6) is 11.5 Å². The van der Waals surface area contributed by atoms with Crippen molar-refractivity contribution < 1.29 is 57.0 Å². The highest BCUT2D eigenvalue weighted by Gasteiger charge is 2.51. The van der Waals surface area contributed by atoms with E-state index in [1.54, 1.807) is 0 Å². The van der Waals surface area contributed by atoms with Gasteiger partial charge in [-0.1, -0.05) is 103 Å². The van der Waals surface area contributed by atoms with Gasteiger partial charge in [-0.2, -0.15) is 21.2 Å². The average molecular weight is 1160 g/mol. The van der Waals surface area contributed by atoms with Gasteiger partial charge in [-0.25, -0.2) is 0 Å². The van der Waals surface area contributed by atoms with Crippen molar-refractivity contribution in [2.24, 2.45) is 10.8 Å². The molecule has 0 fully saturated rings. The smallest absolute Gasteiger partial charge is 0.317 e. The van der Waals surface area contributed by atoms with Crippen LogP contribution in [-0.2, 0) is 19.1 Å². The molecule has 452 valence electrons. The first-order valence-corrected chi connectivity index (χ1v) is 33.5. The van der Waals surface area contributed by atoms with E-state index in [-0.39, 0.29) is 24.7 Å². The lowest BCUT2D eigenvalue weighted by Gasteiger charge is -2.44. The summed E-state index contributed by atoms with van der Waals surface area (Å²) in [6.07, 6.45) is 12.3. The molecule has 0 spiro atoms. The summed E-state index contributed by atoms with van der Waals surface area (Å²) in [6.45, 7) is 9.81. The van der Waals surface area contributed by atoms with E-state index >= 15 is 0 Å². The van der Waals surface area contributed by atoms with E-state index in [4.69, 9.17) is 18.9 Å². The summed E-state index contributed by atoms with van der Waals surface area (Å²) in [6, 6.07) is 27.1. The Kier molecular flexibility index (Phi) is 25.0. The zero-order valence-corrected chi connectivity index (χ0v) is 51.5. The predicted octanol–water partition coefficient (Wildman–Crippen LogP) is 15.1. The molecule has 0 saturated carbocycles. The highest BCUT2D eigenvalue weighted by molar-refractivity contribution is 8.24. The lowest BCUT2D eigenvalue weighted by atomic mass is 9.68. The number of rotatable bonds is 32. The van der Waals surface area contributed by atoms with E-state index in [0.29, 0.717) is 73.0 Å². The quantitative estimate of drug-likeness (QED) is 0.0153. The lowest BCUT2D eigenvalue weighted by molar-refractivity contribution is -0.154. The maximum Gasteiger partial charge on any atom is 0.317 e. The molecule has 6 rings (SSSR count). The van der Waals surface area contributed by atoms with E-state index in [1.165, 1.54) is 0 Å². The number of hydrogen-bond donors (Lipinski definition) is 6. The van der Waals surface area contributed by atoms with Crippen molar-refractivity contribution in [3.8, 4) is 11.5 Å². The van der Waals surface area contributed by atoms with Gasteiger partial charge in [-0.3, -0.25) is 27.8 Å². The number of aliphatic hydroxyl groups is 2. The predicted molar refractivity (Wildman–Crippen MR) is 330 cm³/mol. The zero-order chi connectivity index (χ0) is 58.8. The largest absolute Gasteiger partial charge is 0.494 e. The second-order valence-corrected chi connectivity index (χ2v) is 27.5. The molecular weight excluding hydrogens is 1060 g/mol. The third kappa shape index (κ3) is 17.3. The standard InChI is InChI=1S/C65H98N2O12S2/c1-9-13-35-64(36-14-10-2)46-80(72,73)56-33-27-50(66(5)6)43-54(56)60(62(64)70)48-23-29-52(30-24-48)76-39-19-17-21-41-78-58(68)45-59(69)79-42-22-18-20-40-77-53-31-25-49(26-32-53)61-55-44-51(67(7)8)28-34-57(55)81(74,75)47-65(63(61)71,37-15-11-3)38-16-12-4/h23-34,43-44,60-63,70-75H,9-22,35-42,45-47H2,1-8H3. The molecule has 4 atom stereocenters. The lowest BCUT2D eigenvalue weighted by Crippen LogP contribution is -2.42. The SMILES string of the molecule is CCCCC1(CCCC)CS(O)(O)c2ccc(N(C)C)cc2C(c2ccc(OCCCCCOC(=O)CC(=O)OCCCCCOc3ccc(C4c5cc(N(C)C)ccc5S(O)(O)CC(CCCC)(CCCC)C4O)cc3)cc2)C1O. The van der Waals surface area contributed by atoms with Crippen LogP contribution in [-0.4, -0.2) is 119 Å². The molecule has 4 aromatic rings. The number of fused-ring (bicyclic) bond motifs is 2. The average Bonchev–Trinajstić information content (AvgIpc) is 3.86. The van der Waals surface area contributed by atoms with Gasteiger partial charge in [-0.15, -0.1) is 0 Å². The summed E-state index contributed by atoms with van der Waals surface area (Å²) >= 11 is 0. The Hall–Kier alpha value is -4.52. The molecule has 0 aliphatic carbocycles. The molecule has 0 saturated heterocycles. The molecular formula is C65H98N2O12S2. The normalized spacial score (nSPS) is 20.3. The van der Waals surface area contributed by atoms with Crippen molar-refractivity contribution in [3.05, 3.63) is 107 Å². The molecule has 6 N–H and O–H groups in total. The number of benzene rings is 4. The highest BCUT2D eigenvalue weighted by atomic mass is 32.3. The van der Waals surface area contributed by atoms with E-state index in [0.717, 1.165) is 111 Å². The summed E-state index contributed by atoms with van der Waals surface area (Å²) in [5.41, 5.74) is 3.82. The summed E-state index contributed by atoms with van der Waals surface area (Å²) in [5.74, 6) is -0.500. The van der Waals surface area contributed by atoms with E-state index in [9.17, 15) is 38.0 Å². The fourth-order valence-corrected chi connectivity index (χ4v) is 16.7. The van der Waals surface area contributed by atoms with Crippen LogP contribution < -0.4 is 19.3 Å². The Bertz CT molecular complexity index is 2380. The van der Waals surface area contributed by atoms with Crippen LogP contribution in [0.15, 0.2) is 94.7 Å². The van der Waals surface area contributed by atoms with E-state index in [2.05, 4.69) is 27.7 Å². The van der Waals surface area contributed by atoms with Crippen molar-refractivity contribution in [1.29, 1.82) is 0 Å². The number of carbonyl (C=O) groups is 2. The molecule has 81 heavy (non-hydrogen) atoms. The minimum absolute atomic E-state index is 0.144. The second kappa shape index (κ2) is 30.9. The van der Waals surface area contributed by atoms with Crippen molar-refractivity contribution in [1.82, 2.24) is 0 Å². The number of nitrogens with zero attached hydrogens (tertiary/aromatic N) is 2. The van der Waals surface area contributed by atoms with Crippen LogP contribution in [0.2, 0.25) is 0 Å². The summed E-state index contributed by atoms with van der Waals surface area (Å²) < 4.78 is 70.2. The first kappa shape index (κ1) is 65.6. The van der Waals surface area contributed by atoms with Crippen molar-refractivity contribution in [3.63, 3.8) is 0 Å². The maximum atomic E-state index is 12.5. The Morgan fingerprint density at radius 2 is 0.815 bits per heavy atom. The van der Waals surface area contributed by atoms with Gasteiger partial charge in [0, 0.05) is 62.2 Å². The first-order chi connectivity index (χ1) is 38.7. The van der Waals surface area contributed by atoms with Crippen molar-refractivity contribution in [2.45, 2.75) is 184 Å². The number of esters is 2. The first-order valence-electron chi connectivity index (χ1n) is 30.0. The Labute approximate surface area is 488 Å². The van der Waals surface area contributed by atoms with Crippen LogP contribution >= 0.6 is 21.2 Å². The maximum absolute atomic E-state index is 12.5. The van der Waals surface area contributed by atoms with Gasteiger partial charge in [-0.05, 0) is 147 Å². The molecule has 0 aromatic heterocycles. The van der Waals surface area contributed by atoms with Gasteiger partial charge in [0.25, 0.3) is 0 Å². The molecule has 0 radical (unpaired) electrons. The van der Waals surface area contributed by atoms with E-state index < -0.39 is 74.4 Å². The molecule has 2 aliphatic heterocycles. The monoisotopic (exact) mass is 1160 g/mol. The zero-order valence-electron chi connectivity index (χ0n) is 49.9. The fourth-order valence-electron chi connectivity index (χ4n) is 12.1. The summed E-state index contributed by atoms with van der Waals surface area (Å²) in [5, 5.41) is 25.1. The van der Waals surface area contributed by atoms with Gasteiger partial charge >= 0.3 is 11.9 Å². The summed E-state index contributed by atoms with van der Waals surface area (Å²) in [4.78, 5) is 29.9. The summed E-state index contributed by atoms with van der Waals surface area (Å²) in [7, 11) is 1.43. The topological polar surface area (TPSA) is 199 Å². The van der Waals surface area contributed by atoms with Crippen molar-refractivity contribution in [2.75, 3.05) is 75.9 Å². The molecule has 2 heterocycles. The molecule has 2 aliphatic rings. The van der Waals surface area contributed by atoms with Crippen LogP contribution in [0, 0.1) is 10.8 Å². The molecule has 0 amide bonds. The molecule has 16 heteroatoms. The van der Waals surface area contributed by atoms with Gasteiger partial charge in [0.2, 0.25) is 0 Å². The Morgan fingerprint density at radius 3 is 1.14 bits per heavy atom. The fraction of sp³-hybridized carbons (Fsp3) is 0.600. The number of anilines is 2. The van der Waals surface area contributed by atoms with Crippen LogP contribution in [0.3, 0.4) is 0 Å². The molecule has 0 bridgehead atoms. The third-order valence-electron chi connectivity index (χ3n) is 16.8. The van der Waals surface area contributed by atoms with Gasteiger partial charge in [0.15, 0.2) is 0 Å².